The summed E-state index contributed by atoms with van der Waals surface area (Å²) in [5.41, 5.74) is 0.357. The number of rotatable bonds is 3. The van der Waals surface area contributed by atoms with Gasteiger partial charge in [-0.25, -0.2) is 4.98 Å². The fraction of sp³-hybridized carbons (Fsp3) is 0.0909. The molecule has 0 aliphatic rings. The van der Waals surface area contributed by atoms with Gasteiger partial charge in [0.25, 0.3) is 0 Å². The summed E-state index contributed by atoms with van der Waals surface area (Å²) in [7, 11) is 0. The number of benzene rings is 1. The average molecular weight is 300 g/mol. The summed E-state index contributed by atoms with van der Waals surface area (Å²) >= 11 is 11.4. The van der Waals surface area contributed by atoms with E-state index in [2.05, 4.69) is 9.97 Å². The maximum absolute atomic E-state index is 10.8. The normalized spacial score (nSPS) is 10.3. The van der Waals surface area contributed by atoms with Gasteiger partial charge in [0.15, 0.2) is 0 Å². The molecule has 0 unspecified atom stereocenters. The first-order valence-corrected chi connectivity index (χ1v) is 5.84. The van der Waals surface area contributed by atoms with E-state index in [0.29, 0.717) is 10.8 Å². The average Bonchev–Trinajstić information content (AvgIpc) is 2.32. The molecule has 2 rings (SSSR count). The summed E-state index contributed by atoms with van der Waals surface area (Å²) in [6, 6.07) is 4.88. The minimum absolute atomic E-state index is 0.132. The molecule has 0 radical (unpaired) electrons. The molecule has 1 aromatic carbocycles. The van der Waals surface area contributed by atoms with Crippen molar-refractivity contribution in [2.75, 3.05) is 0 Å². The second kappa shape index (κ2) is 5.38. The van der Waals surface area contributed by atoms with Gasteiger partial charge >= 0.3 is 11.6 Å². The first-order valence-electron chi connectivity index (χ1n) is 5.08. The Balaban J connectivity index is 2.42. The van der Waals surface area contributed by atoms with Crippen LogP contribution in [-0.4, -0.2) is 14.9 Å². The predicted molar refractivity (Wildman–Crippen MR) is 70.0 cm³/mol. The SMILES string of the molecule is Cc1cc(Cl)ccc1Oc1nc(Cl)ncc1[N+](=O)[O-]. The summed E-state index contributed by atoms with van der Waals surface area (Å²) in [5, 5.41) is 11.3. The van der Waals surface area contributed by atoms with Crippen molar-refractivity contribution in [2.45, 2.75) is 6.92 Å². The van der Waals surface area contributed by atoms with E-state index in [9.17, 15) is 10.1 Å². The molecule has 0 saturated carbocycles. The van der Waals surface area contributed by atoms with Crippen molar-refractivity contribution in [3.05, 3.63) is 50.4 Å². The number of nitrogens with zero attached hydrogens (tertiary/aromatic N) is 3. The van der Waals surface area contributed by atoms with Crippen LogP contribution in [0.5, 0.6) is 11.6 Å². The van der Waals surface area contributed by atoms with Crippen LogP contribution in [0.2, 0.25) is 10.3 Å². The van der Waals surface area contributed by atoms with E-state index in [1.807, 2.05) is 0 Å². The Kier molecular flexibility index (Phi) is 3.82. The molecule has 0 atom stereocenters. The van der Waals surface area contributed by atoms with E-state index in [-0.39, 0.29) is 16.9 Å². The van der Waals surface area contributed by atoms with Crippen LogP contribution in [0, 0.1) is 17.0 Å². The van der Waals surface area contributed by atoms with Crippen molar-refractivity contribution < 1.29 is 9.66 Å². The lowest BCUT2D eigenvalue weighted by molar-refractivity contribution is -0.386. The van der Waals surface area contributed by atoms with E-state index in [1.165, 1.54) is 0 Å². The molecule has 0 bridgehead atoms. The van der Waals surface area contributed by atoms with Gasteiger partial charge < -0.3 is 4.74 Å². The van der Waals surface area contributed by atoms with Gasteiger partial charge in [-0.2, -0.15) is 4.98 Å². The van der Waals surface area contributed by atoms with E-state index in [0.717, 1.165) is 11.8 Å². The zero-order valence-electron chi connectivity index (χ0n) is 9.63. The second-order valence-corrected chi connectivity index (χ2v) is 4.37. The summed E-state index contributed by atoms with van der Waals surface area (Å²) in [6.07, 6.45) is 0.996. The van der Waals surface area contributed by atoms with Crippen LogP contribution in [0.4, 0.5) is 5.69 Å². The molecule has 1 aromatic heterocycles. The van der Waals surface area contributed by atoms with Crippen LogP contribution in [0.3, 0.4) is 0 Å². The smallest absolute Gasteiger partial charge is 0.349 e. The highest BCUT2D eigenvalue weighted by Crippen LogP contribution is 2.32. The molecule has 2 aromatic rings. The highest BCUT2D eigenvalue weighted by molar-refractivity contribution is 6.30. The van der Waals surface area contributed by atoms with Gasteiger partial charge in [-0.3, -0.25) is 10.1 Å². The van der Waals surface area contributed by atoms with E-state index in [1.54, 1.807) is 25.1 Å². The summed E-state index contributed by atoms with van der Waals surface area (Å²) in [4.78, 5) is 17.5. The van der Waals surface area contributed by atoms with E-state index in [4.69, 9.17) is 27.9 Å². The van der Waals surface area contributed by atoms with Crippen LogP contribution in [0.15, 0.2) is 24.4 Å². The van der Waals surface area contributed by atoms with Gasteiger partial charge in [0.2, 0.25) is 5.28 Å². The molecule has 0 amide bonds. The third-order valence-corrected chi connectivity index (χ3v) is 2.66. The third kappa shape index (κ3) is 3.10. The highest BCUT2D eigenvalue weighted by Gasteiger charge is 2.19. The highest BCUT2D eigenvalue weighted by atomic mass is 35.5. The van der Waals surface area contributed by atoms with Crippen molar-refractivity contribution >= 4 is 28.9 Å². The Labute approximate surface area is 118 Å². The van der Waals surface area contributed by atoms with Gasteiger partial charge in [0.05, 0.1) is 4.92 Å². The number of ether oxygens (including phenoxy) is 1. The number of aryl methyl sites for hydroxylation is 1. The Hall–Kier alpha value is -1.92. The second-order valence-electron chi connectivity index (χ2n) is 3.60. The van der Waals surface area contributed by atoms with Crippen molar-refractivity contribution in [3.8, 4) is 11.6 Å². The molecule has 19 heavy (non-hydrogen) atoms. The Morgan fingerprint density at radius 3 is 2.74 bits per heavy atom. The fourth-order valence-corrected chi connectivity index (χ4v) is 1.72. The largest absolute Gasteiger partial charge is 0.433 e. The molecule has 0 spiro atoms. The number of nitro groups is 1. The summed E-state index contributed by atoms with van der Waals surface area (Å²) in [6.45, 7) is 1.76. The summed E-state index contributed by atoms with van der Waals surface area (Å²) in [5.74, 6) is 0.192. The molecule has 6 nitrogen and oxygen atoms in total. The lowest BCUT2D eigenvalue weighted by atomic mass is 10.2. The molecule has 0 N–H and O–H groups in total. The molecule has 0 fully saturated rings. The molecule has 0 saturated heterocycles. The Bertz CT molecular complexity index is 649. The lowest BCUT2D eigenvalue weighted by Gasteiger charge is -2.08. The molecule has 0 aliphatic carbocycles. The number of aromatic nitrogens is 2. The van der Waals surface area contributed by atoms with Crippen LogP contribution < -0.4 is 4.74 Å². The lowest BCUT2D eigenvalue weighted by Crippen LogP contribution is -1.98. The van der Waals surface area contributed by atoms with Crippen LogP contribution >= 0.6 is 23.2 Å². The topological polar surface area (TPSA) is 78.2 Å². The van der Waals surface area contributed by atoms with Crippen molar-refractivity contribution in [2.24, 2.45) is 0 Å². The predicted octanol–water partition coefficient (Wildman–Crippen LogP) is 3.79. The van der Waals surface area contributed by atoms with E-state index >= 15 is 0 Å². The van der Waals surface area contributed by atoms with Crippen LogP contribution in [0.1, 0.15) is 5.56 Å². The monoisotopic (exact) mass is 299 g/mol. The van der Waals surface area contributed by atoms with Crippen molar-refractivity contribution in [1.29, 1.82) is 0 Å². The molecular formula is C11H7Cl2N3O3. The Morgan fingerprint density at radius 2 is 2.11 bits per heavy atom. The van der Waals surface area contributed by atoms with Gasteiger partial charge in [-0.05, 0) is 42.3 Å². The molecule has 0 aliphatic heterocycles. The quantitative estimate of drug-likeness (QED) is 0.489. The molecule has 8 heteroatoms. The van der Waals surface area contributed by atoms with Crippen molar-refractivity contribution in [1.82, 2.24) is 9.97 Å². The minimum Gasteiger partial charge on any atom is -0.433 e. The van der Waals surface area contributed by atoms with Crippen LogP contribution in [0.25, 0.3) is 0 Å². The first-order chi connectivity index (χ1) is 8.97. The van der Waals surface area contributed by atoms with E-state index < -0.39 is 4.92 Å². The third-order valence-electron chi connectivity index (χ3n) is 2.25. The number of halogens is 2. The van der Waals surface area contributed by atoms with Gasteiger partial charge in [-0.15, -0.1) is 0 Å². The van der Waals surface area contributed by atoms with Gasteiger partial charge in [-0.1, -0.05) is 11.6 Å². The standard InChI is InChI=1S/C11H7Cl2N3O3/c1-6-4-7(12)2-3-9(6)19-10-8(16(17)18)5-14-11(13)15-10/h2-5H,1H3. The molecule has 98 valence electrons. The minimum atomic E-state index is -0.642. The van der Waals surface area contributed by atoms with Gasteiger partial charge in [0, 0.05) is 5.02 Å². The van der Waals surface area contributed by atoms with Gasteiger partial charge in [0.1, 0.15) is 11.9 Å². The number of hydrogen-bond acceptors (Lipinski definition) is 5. The van der Waals surface area contributed by atoms with Crippen LogP contribution in [-0.2, 0) is 0 Å². The maximum Gasteiger partial charge on any atom is 0.349 e. The zero-order valence-corrected chi connectivity index (χ0v) is 11.1. The fourth-order valence-electron chi connectivity index (χ4n) is 1.37. The summed E-state index contributed by atoms with van der Waals surface area (Å²) < 4.78 is 5.40. The first kappa shape index (κ1) is 13.5. The van der Waals surface area contributed by atoms with Crippen molar-refractivity contribution in [3.63, 3.8) is 0 Å². The number of hydrogen-bond donors (Lipinski definition) is 0. The Morgan fingerprint density at radius 1 is 1.37 bits per heavy atom. The molecule has 1 heterocycles. The molecular weight excluding hydrogens is 293 g/mol. The zero-order chi connectivity index (χ0) is 14.0. The maximum atomic E-state index is 10.8.